The Balaban J connectivity index is 0.00000218. The number of amides is 5. The van der Waals surface area contributed by atoms with Crippen molar-refractivity contribution in [2.45, 2.75) is 118 Å². The summed E-state index contributed by atoms with van der Waals surface area (Å²) in [4.78, 5) is 82.2. The number of fused-ring (bicyclic) bond motifs is 5. The summed E-state index contributed by atoms with van der Waals surface area (Å²) >= 11 is 4.97. The van der Waals surface area contributed by atoms with Crippen molar-refractivity contribution in [1.82, 2.24) is 36.5 Å². The molecule has 2 aromatic rings. The maximum atomic E-state index is 16.4. The van der Waals surface area contributed by atoms with Gasteiger partial charge >= 0.3 is 17.8 Å². The Hall–Kier alpha value is -4.91. The fourth-order valence-corrected chi connectivity index (χ4v) is 9.57. The van der Waals surface area contributed by atoms with Gasteiger partial charge in [-0.15, -0.1) is 24.0 Å². The van der Waals surface area contributed by atoms with Crippen molar-refractivity contribution in [2.75, 3.05) is 20.3 Å². The average molecular weight is 962 g/mol. The maximum absolute atomic E-state index is 16.4. The number of halogens is 4. The van der Waals surface area contributed by atoms with Crippen LogP contribution in [0, 0.1) is 0 Å². The van der Waals surface area contributed by atoms with Crippen LogP contribution in [0.5, 0.6) is 0 Å². The molecular formula is C40H51F4N7O10S3. The topological polar surface area (TPSA) is 238 Å². The normalized spacial score (nSPS) is 27.7. The number of thiol groups is 1. The summed E-state index contributed by atoms with van der Waals surface area (Å²) in [5.41, 5.74) is 0.149. The molecule has 6 atom stereocenters. The van der Waals surface area contributed by atoms with Gasteiger partial charge in [-0.25, -0.2) is 4.98 Å². The Kier molecular flexibility index (Phi) is 18.0. The molecule has 24 heteroatoms. The highest BCUT2D eigenvalue weighted by molar-refractivity contribution is 8.04. The van der Waals surface area contributed by atoms with Crippen molar-refractivity contribution >= 4 is 71.2 Å². The number of carbonyl (C=O) groups excluding carboxylic acids is 6. The Bertz CT molecular complexity index is 2100. The van der Waals surface area contributed by atoms with Gasteiger partial charge in [0.25, 0.3) is 0 Å². The van der Waals surface area contributed by atoms with Crippen molar-refractivity contribution in [3.05, 3.63) is 69.5 Å². The molecule has 1 aliphatic carbocycles. The number of thioether (sulfide) groups is 1. The molecule has 64 heavy (non-hydrogen) atoms. The number of carbonyl (C=O) groups is 6. The molecule has 352 valence electrons. The van der Waals surface area contributed by atoms with E-state index in [9.17, 15) is 33.9 Å². The number of allylic oxidation sites excluding steroid dienone is 2. The summed E-state index contributed by atoms with van der Waals surface area (Å²) in [6.07, 6.45) is -0.199. The zero-order valence-corrected chi connectivity index (χ0v) is 37.9. The minimum absolute atomic E-state index is 0.107. The van der Waals surface area contributed by atoms with E-state index in [1.165, 1.54) is 11.1 Å². The highest BCUT2D eigenvalue weighted by Gasteiger charge is 2.78. The van der Waals surface area contributed by atoms with Gasteiger partial charge in [-0.2, -0.15) is 17.6 Å². The van der Waals surface area contributed by atoms with E-state index in [2.05, 4.69) is 44.2 Å². The second-order valence-corrected chi connectivity index (χ2v) is 17.4. The third-order valence-electron chi connectivity index (χ3n) is 10.1. The Morgan fingerprint density at radius 3 is 2.28 bits per heavy atom. The van der Waals surface area contributed by atoms with Gasteiger partial charge in [-0.1, -0.05) is 55.9 Å². The van der Waals surface area contributed by atoms with E-state index >= 15 is 17.6 Å². The summed E-state index contributed by atoms with van der Waals surface area (Å²) in [5, 5.41) is 28.9. The summed E-state index contributed by atoms with van der Waals surface area (Å²) in [6, 6.07) is 1.97. The van der Waals surface area contributed by atoms with Crippen molar-refractivity contribution < 1.29 is 66.0 Å². The van der Waals surface area contributed by atoms with E-state index in [0.29, 0.717) is 12.0 Å². The fraction of sp³-hybridized carbons (Fsp3) is 0.525. The number of esters is 1. The van der Waals surface area contributed by atoms with Crippen molar-refractivity contribution in [3.63, 3.8) is 0 Å². The molecular weight excluding hydrogens is 911 g/mol. The molecule has 4 aliphatic rings. The van der Waals surface area contributed by atoms with Crippen LogP contribution in [-0.4, -0.2) is 123 Å². The quantitative estimate of drug-likeness (QED) is 0.126. The van der Waals surface area contributed by atoms with Crippen LogP contribution in [-0.2, 0) is 51.3 Å². The predicted octanol–water partition coefficient (Wildman–Crippen LogP) is 2.50. The smallest absolute Gasteiger partial charge is 0.353 e. The lowest BCUT2D eigenvalue weighted by atomic mass is 10.0. The number of aliphatic hydroxyl groups is 2. The van der Waals surface area contributed by atoms with Crippen LogP contribution in [0.25, 0.3) is 0 Å². The summed E-state index contributed by atoms with van der Waals surface area (Å²) in [5.74, 6) is -16.8. The minimum Gasteiger partial charge on any atom is -0.488 e. The van der Waals surface area contributed by atoms with Crippen LogP contribution in [0.3, 0.4) is 0 Å². The molecule has 1 saturated heterocycles. The molecule has 1 fully saturated rings. The van der Waals surface area contributed by atoms with Crippen LogP contribution in [0.1, 0.15) is 63.8 Å². The van der Waals surface area contributed by atoms with Crippen LogP contribution in [0.2, 0.25) is 0 Å². The molecule has 1 aromatic carbocycles. The van der Waals surface area contributed by atoms with E-state index in [0.717, 1.165) is 38.5 Å². The first-order chi connectivity index (χ1) is 30.4. The zero-order valence-electron chi connectivity index (χ0n) is 35.4. The highest BCUT2D eigenvalue weighted by Crippen LogP contribution is 2.63. The van der Waals surface area contributed by atoms with Crippen molar-refractivity contribution in [1.29, 1.82) is 0 Å². The Morgan fingerprint density at radius 2 is 1.61 bits per heavy atom. The summed E-state index contributed by atoms with van der Waals surface area (Å²) in [7, 11) is 1.00. The highest BCUT2D eigenvalue weighted by atomic mass is 32.2. The molecule has 4 heterocycles. The first-order valence-corrected chi connectivity index (χ1v) is 22.2. The van der Waals surface area contributed by atoms with Gasteiger partial charge in [0.1, 0.15) is 41.8 Å². The summed E-state index contributed by atoms with van der Waals surface area (Å²) < 4.78 is 76.6. The lowest BCUT2D eigenvalue weighted by Gasteiger charge is -2.37. The number of alkyl halides is 4. The SMILES string of the molecule is CC.CC1=CNC(=O)[C@H](CO)NC(=O)[C@H](Cc2ccccc2)NC(=O)C2NC(=O)[C@@H]3CCCN3C(=O)CCC(=O)OCc3cnc(s3)SC3=C(OC2C)C(S)(N1)C(F)(F)C3(F)F.CO. The van der Waals surface area contributed by atoms with Gasteiger partial charge in [0.05, 0.1) is 17.9 Å². The summed E-state index contributed by atoms with van der Waals surface area (Å²) in [6.45, 7) is 5.05. The molecule has 0 spiro atoms. The standard InChI is InChI=1S/C37H41F4N7O9S3.C2H6.CH4O/c1-18-14-42-30(52)23(16-49)45-31(53)22(13-20-7-4-3-5-8-20)44-33(55)27-19(2)57-28-29(35(38,39)37(40,41)36(28,58)47-18)60-34-43-15-21(59-34)17-56-26(51)11-10-25(50)48-12-6-9-24(48)32(54)46-27;2*1-2/h3-5,7-8,14-15,19,22-24,27,47,49,58H,6,9-13,16-17H2,1-2H3,(H,42,52)(H,44,55)(H,45,53)(H,46,54);1-2H3;2H,1H3/t19?,22-,23-,24-,27?,36?;;/m0../s1. The molecule has 1 aromatic heterocycles. The Morgan fingerprint density at radius 1 is 0.938 bits per heavy atom. The second-order valence-electron chi connectivity index (χ2n) is 14.4. The number of nitrogens with zero attached hydrogens (tertiary/aromatic N) is 2. The molecule has 3 aliphatic heterocycles. The van der Waals surface area contributed by atoms with Gasteiger partial charge in [-0.3, -0.25) is 28.8 Å². The lowest BCUT2D eigenvalue weighted by Crippen LogP contribution is -2.62. The first kappa shape index (κ1) is 51.7. The van der Waals surface area contributed by atoms with Gasteiger partial charge in [-0.05, 0) is 32.3 Å². The van der Waals surface area contributed by atoms with Crippen LogP contribution in [0.4, 0.5) is 17.6 Å². The molecule has 0 saturated carbocycles. The Labute approximate surface area is 380 Å². The number of aromatic nitrogens is 1. The minimum atomic E-state index is -5.12. The largest absolute Gasteiger partial charge is 0.488 e. The van der Waals surface area contributed by atoms with Gasteiger partial charge in [0.2, 0.25) is 34.4 Å². The molecule has 0 radical (unpaired) electrons. The molecule has 17 nitrogen and oxygen atoms in total. The number of aliphatic hydroxyl groups excluding tert-OH is 2. The fourth-order valence-electron chi connectivity index (χ4n) is 6.90. The van der Waals surface area contributed by atoms with E-state index in [-0.39, 0.29) is 65.5 Å². The number of nitrogens with one attached hydrogen (secondary N) is 5. The van der Waals surface area contributed by atoms with Crippen LogP contribution in [0.15, 0.2) is 63.4 Å². The number of hydrogen-bond acceptors (Lipinski definition) is 15. The van der Waals surface area contributed by atoms with E-state index in [1.54, 1.807) is 30.3 Å². The number of hydrogen-bond donors (Lipinski definition) is 8. The van der Waals surface area contributed by atoms with Crippen LogP contribution >= 0.6 is 35.7 Å². The average Bonchev–Trinajstić information content (AvgIpc) is 3.98. The maximum Gasteiger partial charge on any atom is 0.353 e. The van der Waals surface area contributed by atoms with E-state index in [1.807, 2.05) is 13.8 Å². The number of benzene rings is 1. The molecule has 5 amide bonds. The number of thiazole rings is 1. The van der Waals surface area contributed by atoms with Crippen LogP contribution < -0.4 is 26.6 Å². The van der Waals surface area contributed by atoms with Crippen molar-refractivity contribution in [3.8, 4) is 0 Å². The van der Waals surface area contributed by atoms with E-state index in [4.69, 9.17) is 14.6 Å². The monoisotopic (exact) mass is 961 g/mol. The van der Waals surface area contributed by atoms with E-state index < -0.39 is 99.8 Å². The van der Waals surface area contributed by atoms with Gasteiger partial charge < -0.3 is 51.2 Å². The first-order valence-electron chi connectivity index (χ1n) is 20.1. The predicted molar refractivity (Wildman–Crippen MR) is 228 cm³/mol. The molecule has 7 N–H and O–H groups in total. The second kappa shape index (κ2) is 22.3. The molecule has 4 bridgehead atoms. The molecule has 6 rings (SSSR count). The van der Waals surface area contributed by atoms with Gasteiger partial charge in [0, 0.05) is 44.6 Å². The number of rotatable bonds is 3. The third kappa shape index (κ3) is 11.3. The number of cyclic esters (lactones) is 1. The van der Waals surface area contributed by atoms with Crippen molar-refractivity contribution in [2.24, 2.45) is 0 Å². The number of ether oxygens (including phenoxy) is 2. The third-order valence-corrected chi connectivity index (χ3v) is 12.9. The lowest BCUT2D eigenvalue weighted by molar-refractivity contribution is -0.189. The zero-order chi connectivity index (χ0) is 47.6. The molecule has 3 unspecified atom stereocenters. The van der Waals surface area contributed by atoms with Gasteiger partial charge in [0.15, 0.2) is 10.1 Å².